The predicted molar refractivity (Wildman–Crippen MR) is 70.0 cm³/mol. The molecule has 1 heterocycles. The Morgan fingerprint density at radius 1 is 1.35 bits per heavy atom. The van der Waals surface area contributed by atoms with Crippen LogP contribution in [-0.2, 0) is 4.79 Å². The molecular weight excluding hydrogens is 265 g/mol. The van der Waals surface area contributed by atoms with Gasteiger partial charge in [-0.05, 0) is 25.3 Å². The Morgan fingerprint density at radius 3 is 2.75 bits per heavy atom. The van der Waals surface area contributed by atoms with Gasteiger partial charge in [0.25, 0.3) is 5.69 Å². The average molecular weight is 279 g/mol. The number of carbonyl (C=O) groups excluding carboxylic acids is 1. The van der Waals surface area contributed by atoms with E-state index in [4.69, 9.17) is 0 Å². The van der Waals surface area contributed by atoms with Crippen molar-refractivity contribution in [2.75, 3.05) is 11.4 Å². The number of nitrogens with one attached hydrogen (secondary N) is 1. The van der Waals surface area contributed by atoms with Crippen molar-refractivity contribution in [1.29, 1.82) is 0 Å². The van der Waals surface area contributed by atoms with Crippen LogP contribution in [0.4, 0.5) is 15.8 Å². The highest BCUT2D eigenvalue weighted by Gasteiger charge is 2.37. The zero-order valence-electron chi connectivity index (χ0n) is 10.7. The van der Waals surface area contributed by atoms with Crippen molar-refractivity contribution in [2.24, 2.45) is 0 Å². The van der Waals surface area contributed by atoms with Crippen molar-refractivity contribution in [3.63, 3.8) is 0 Å². The van der Waals surface area contributed by atoms with Crippen LogP contribution in [0.3, 0.4) is 0 Å². The van der Waals surface area contributed by atoms with Crippen LogP contribution >= 0.6 is 0 Å². The summed E-state index contributed by atoms with van der Waals surface area (Å²) in [6, 6.07) is 3.33. The number of anilines is 1. The Hall–Kier alpha value is -2.02. The third-order valence-electron chi connectivity index (χ3n) is 3.65. The van der Waals surface area contributed by atoms with Gasteiger partial charge in [0.1, 0.15) is 5.82 Å². The van der Waals surface area contributed by atoms with E-state index in [-0.39, 0.29) is 23.3 Å². The summed E-state index contributed by atoms with van der Waals surface area (Å²) in [5, 5.41) is 14.0. The number of hydrogen-bond acceptors (Lipinski definition) is 4. The number of hydrogen-bond donors (Lipinski definition) is 1. The second-order valence-electron chi connectivity index (χ2n) is 5.16. The quantitative estimate of drug-likeness (QED) is 0.671. The summed E-state index contributed by atoms with van der Waals surface area (Å²) in [6.07, 6.45) is 2.72. The molecule has 0 radical (unpaired) electrons. The predicted octanol–water partition coefficient (Wildman–Crippen LogP) is 1.59. The number of carbonyl (C=O) groups is 1. The normalized spacial score (nSPS) is 22.4. The maximum atomic E-state index is 13.8. The first-order valence-electron chi connectivity index (χ1n) is 6.57. The van der Waals surface area contributed by atoms with Gasteiger partial charge in [-0.2, -0.15) is 0 Å². The van der Waals surface area contributed by atoms with Crippen molar-refractivity contribution in [3.8, 4) is 0 Å². The highest BCUT2D eigenvalue weighted by Crippen LogP contribution is 2.30. The summed E-state index contributed by atoms with van der Waals surface area (Å²) >= 11 is 0. The van der Waals surface area contributed by atoms with Gasteiger partial charge in [0.2, 0.25) is 5.91 Å². The van der Waals surface area contributed by atoms with Gasteiger partial charge >= 0.3 is 0 Å². The van der Waals surface area contributed by atoms with E-state index in [0.29, 0.717) is 19.0 Å². The molecule has 1 saturated heterocycles. The molecule has 0 bridgehead atoms. The number of non-ortho nitro benzene ring substituents is 1. The van der Waals surface area contributed by atoms with E-state index in [1.807, 2.05) is 0 Å². The van der Waals surface area contributed by atoms with Crippen molar-refractivity contribution in [2.45, 2.75) is 31.3 Å². The van der Waals surface area contributed by atoms with Crippen molar-refractivity contribution in [1.82, 2.24) is 5.32 Å². The first-order chi connectivity index (χ1) is 9.56. The number of amides is 1. The molecule has 2 aliphatic rings. The standard InChI is InChI=1S/C13H14FN3O3/c14-10-4-3-9(17(19)20)7-12(10)16-6-5-11(13(16)18)15-8-1-2-8/h3-4,7-8,11,15H,1-2,5-6H2. The van der Waals surface area contributed by atoms with E-state index >= 15 is 0 Å². The Kier molecular flexibility index (Phi) is 3.13. The van der Waals surface area contributed by atoms with Gasteiger partial charge in [0.05, 0.1) is 16.7 Å². The SMILES string of the molecule is O=C1C(NC2CC2)CCN1c1cc([N+](=O)[O-])ccc1F. The zero-order valence-corrected chi connectivity index (χ0v) is 10.7. The molecule has 7 heteroatoms. The molecule has 1 N–H and O–H groups in total. The van der Waals surface area contributed by atoms with Crippen LogP contribution in [0.15, 0.2) is 18.2 Å². The molecule has 1 amide bonds. The van der Waals surface area contributed by atoms with Gasteiger partial charge in [0.15, 0.2) is 0 Å². The van der Waals surface area contributed by atoms with Crippen molar-refractivity contribution < 1.29 is 14.1 Å². The molecular formula is C13H14FN3O3. The lowest BCUT2D eigenvalue weighted by Gasteiger charge is -2.17. The zero-order chi connectivity index (χ0) is 14.3. The third-order valence-corrected chi connectivity index (χ3v) is 3.65. The highest BCUT2D eigenvalue weighted by atomic mass is 19.1. The largest absolute Gasteiger partial charge is 0.308 e. The van der Waals surface area contributed by atoms with E-state index in [2.05, 4.69) is 5.32 Å². The summed E-state index contributed by atoms with van der Waals surface area (Å²) in [5.41, 5.74) is -0.225. The smallest absolute Gasteiger partial charge is 0.271 e. The first-order valence-corrected chi connectivity index (χ1v) is 6.57. The van der Waals surface area contributed by atoms with Crippen LogP contribution in [0.1, 0.15) is 19.3 Å². The summed E-state index contributed by atoms with van der Waals surface area (Å²) in [6.45, 7) is 0.376. The molecule has 6 nitrogen and oxygen atoms in total. The monoisotopic (exact) mass is 279 g/mol. The van der Waals surface area contributed by atoms with Gasteiger partial charge < -0.3 is 10.2 Å². The molecule has 1 aliphatic carbocycles. The summed E-state index contributed by atoms with van der Waals surface area (Å²) < 4.78 is 13.8. The molecule has 0 spiro atoms. The van der Waals surface area contributed by atoms with Crippen LogP contribution in [0.5, 0.6) is 0 Å². The summed E-state index contributed by atoms with van der Waals surface area (Å²) in [4.78, 5) is 23.7. The Bertz CT molecular complexity index is 574. The summed E-state index contributed by atoms with van der Waals surface area (Å²) in [5.74, 6) is -0.827. The molecule has 20 heavy (non-hydrogen) atoms. The molecule has 1 aromatic rings. The average Bonchev–Trinajstić information content (AvgIpc) is 3.16. The molecule has 1 unspecified atom stereocenters. The van der Waals surface area contributed by atoms with E-state index in [9.17, 15) is 19.3 Å². The second kappa shape index (κ2) is 4.82. The molecule has 1 aliphatic heterocycles. The number of halogens is 1. The minimum atomic E-state index is -0.615. The molecule has 1 saturated carbocycles. The topological polar surface area (TPSA) is 75.5 Å². The number of benzene rings is 1. The number of nitrogens with zero attached hydrogens (tertiary/aromatic N) is 2. The minimum Gasteiger partial charge on any atom is -0.308 e. The maximum Gasteiger partial charge on any atom is 0.271 e. The Labute approximate surface area is 114 Å². The lowest BCUT2D eigenvalue weighted by molar-refractivity contribution is -0.384. The lowest BCUT2D eigenvalue weighted by Crippen LogP contribution is -2.39. The fourth-order valence-corrected chi connectivity index (χ4v) is 2.43. The number of nitro benzene ring substituents is 1. The highest BCUT2D eigenvalue weighted by molar-refractivity contribution is 5.99. The minimum absolute atomic E-state index is 0.00991. The molecule has 2 fully saturated rings. The molecule has 0 aromatic heterocycles. The van der Waals surface area contributed by atoms with Gasteiger partial charge in [-0.1, -0.05) is 0 Å². The van der Waals surface area contributed by atoms with E-state index < -0.39 is 10.7 Å². The number of rotatable bonds is 4. The second-order valence-corrected chi connectivity index (χ2v) is 5.16. The molecule has 106 valence electrons. The van der Waals surface area contributed by atoms with Crippen LogP contribution in [0.25, 0.3) is 0 Å². The van der Waals surface area contributed by atoms with E-state index in [0.717, 1.165) is 31.0 Å². The van der Waals surface area contributed by atoms with Crippen molar-refractivity contribution >= 4 is 17.3 Å². The molecule has 1 aromatic carbocycles. The van der Waals surface area contributed by atoms with Crippen molar-refractivity contribution in [3.05, 3.63) is 34.1 Å². The summed E-state index contributed by atoms with van der Waals surface area (Å²) in [7, 11) is 0. The van der Waals surface area contributed by atoms with Gasteiger partial charge in [-0.25, -0.2) is 4.39 Å². The van der Waals surface area contributed by atoms with Gasteiger partial charge in [0, 0.05) is 24.7 Å². The fraction of sp³-hybridized carbons (Fsp3) is 0.462. The Balaban J connectivity index is 1.83. The van der Waals surface area contributed by atoms with E-state index in [1.54, 1.807) is 0 Å². The van der Waals surface area contributed by atoms with Crippen LogP contribution in [0.2, 0.25) is 0 Å². The fourth-order valence-electron chi connectivity index (χ4n) is 2.43. The van der Waals surface area contributed by atoms with Gasteiger partial charge in [-0.3, -0.25) is 14.9 Å². The Morgan fingerprint density at radius 2 is 2.10 bits per heavy atom. The van der Waals surface area contributed by atoms with Crippen LogP contribution in [-0.4, -0.2) is 29.5 Å². The molecule has 3 rings (SSSR count). The van der Waals surface area contributed by atoms with Crippen LogP contribution in [0, 0.1) is 15.9 Å². The first kappa shape index (κ1) is 13.0. The number of nitro groups is 1. The lowest BCUT2D eigenvalue weighted by atomic mass is 10.2. The maximum absolute atomic E-state index is 13.8. The van der Waals surface area contributed by atoms with Crippen LogP contribution < -0.4 is 10.2 Å². The van der Waals surface area contributed by atoms with E-state index in [1.165, 1.54) is 4.90 Å². The van der Waals surface area contributed by atoms with Gasteiger partial charge in [-0.15, -0.1) is 0 Å². The third kappa shape index (κ3) is 2.36. The molecule has 1 atom stereocenters.